The van der Waals surface area contributed by atoms with Crippen LogP contribution in [0.1, 0.15) is 6.92 Å². The van der Waals surface area contributed by atoms with Gasteiger partial charge in [0.1, 0.15) is 0 Å². The maximum absolute atomic E-state index is 12.2. The first kappa shape index (κ1) is 13.8. The first-order valence-electron chi connectivity index (χ1n) is 5.90. The molecule has 1 aromatic carbocycles. The van der Waals surface area contributed by atoms with Crippen LogP contribution in [0.2, 0.25) is 0 Å². The average Bonchev–Trinajstić information content (AvgIpc) is 2.29. The third-order valence-electron chi connectivity index (χ3n) is 3.17. The van der Waals surface area contributed by atoms with Gasteiger partial charge in [-0.3, -0.25) is 0 Å². The first-order valence-corrected chi connectivity index (χ1v) is 8.34. The van der Waals surface area contributed by atoms with E-state index in [-0.39, 0.29) is 11.8 Å². The fourth-order valence-electron chi connectivity index (χ4n) is 2.31. The molecule has 2 rings (SSSR count). The molecule has 0 aromatic heterocycles. The molecule has 0 saturated heterocycles. The van der Waals surface area contributed by atoms with Gasteiger partial charge in [-0.1, -0.05) is 6.07 Å². The van der Waals surface area contributed by atoms with Crippen molar-refractivity contribution in [2.24, 2.45) is 0 Å². The van der Waals surface area contributed by atoms with Gasteiger partial charge in [-0.15, -0.1) is 0 Å². The van der Waals surface area contributed by atoms with Crippen molar-refractivity contribution in [3.05, 3.63) is 22.7 Å². The summed E-state index contributed by atoms with van der Waals surface area (Å²) in [6.45, 7) is 3.57. The maximum Gasteiger partial charge on any atom is 0.182 e. The molecule has 0 radical (unpaired) electrons. The quantitative estimate of drug-likeness (QED) is 0.914. The number of likely N-dealkylation sites (N-methyl/N-ethyl adjacent to an activating group) is 1. The number of fused-ring (bicyclic) bond motifs is 1. The van der Waals surface area contributed by atoms with Crippen LogP contribution in [0.15, 0.2) is 27.6 Å². The van der Waals surface area contributed by atoms with Gasteiger partial charge in [-0.2, -0.15) is 0 Å². The fraction of sp³-hybridized carbons (Fsp3) is 0.500. The van der Waals surface area contributed by atoms with Crippen molar-refractivity contribution in [2.45, 2.75) is 17.9 Å². The summed E-state index contributed by atoms with van der Waals surface area (Å²) >= 11 is 3.47. The van der Waals surface area contributed by atoms with Gasteiger partial charge in [0.2, 0.25) is 0 Å². The summed E-state index contributed by atoms with van der Waals surface area (Å²) in [5.41, 5.74) is 0.798. The zero-order valence-corrected chi connectivity index (χ0v) is 12.9. The topological polar surface area (TPSA) is 49.4 Å². The van der Waals surface area contributed by atoms with Gasteiger partial charge >= 0.3 is 0 Å². The number of nitrogens with one attached hydrogen (secondary N) is 1. The molecule has 1 unspecified atom stereocenters. The molecule has 0 saturated carbocycles. The standard InChI is InChI=1S/C12H17BrN2O2S/c1-9-8-18(16,17)11-5-3-4-10(13)12(11)15(9)7-6-14-2/h3-5,9,14H,6-8H2,1-2H3. The lowest BCUT2D eigenvalue weighted by Gasteiger charge is -2.37. The molecule has 1 aliphatic rings. The minimum absolute atomic E-state index is 0.00505. The number of halogens is 1. The first-order chi connectivity index (χ1) is 8.47. The molecule has 1 aromatic rings. The number of anilines is 1. The van der Waals surface area contributed by atoms with Gasteiger partial charge in [0, 0.05) is 23.6 Å². The van der Waals surface area contributed by atoms with Crippen LogP contribution in [-0.2, 0) is 9.84 Å². The Morgan fingerprint density at radius 2 is 2.22 bits per heavy atom. The predicted octanol–water partition coefficient (Wildman–Crippen LogP) is 1.65. The minimum Gasteiger partial charge on any atom is -0.365 e. The number of hydrogen-bond acceptors (Lipinski definition) is 4. The number of sulfone groups is 1. The summed E-state index contributed by atoms with van der Waals surface area (Å²) in [5, 5.41) is 3.10. The number of nitrogens with zero attached hydrogens (tertiary/aromatic N) is 1. The van der Waals surface area contributed by atoms with Crippen molar-refractivity contribution in [2.75, 3.05) is 30.8 Å². The molecular weight excluding hydrogens is 316 g/mol. The Bertz CT molecular complexity index is 545. The summed E-state index contributed by atoms with van der Waals surface area (Å²) in [6.07, 6.45) is 0. The summed E-state index contributed by atoms with van der Waals surface area (Å²) in [7, 11) is -1.27. The van der Waals surface area contributed by atoms with Gasteiger partial charge in [0.15, 0.2) is 9.84 Å². The van der Waals surface area contributed by atoms with Gasteiger partial charge in [0.25, 0.3) is 0 Å². The average molecular weight is 333 g/mol. The van der Waals surface area contributed by atoms with E-state index in [2.05, 4.69) is 26.1 Å². The molecule has 0 amide bonds. The van der Waals surface area contributed by atoms with E-state index in [0.29, 0.717) is 4.90 Å². The van der Waals surface area contributed by atoms with Crippen molar-refractivity contribution >= 4 is 31.5 Å². The normalized spacial score (nSPS) is 21.7. The molecule has 1 heterocycles. The lowest BCUT2D eigenvalue weighted by atomic mass is 10.2. The summed E-state index contributed by atoms with van der Waals surface area (Å²) < 4.78 is 25.2. The van der Waals surface area contributed by atoms with Crippen molar-refractivity contribution in [1.29, 1.82) is 0 Å². The van der Waals surface area contributed by atoms with Crippen LogP contribution in [0, 0.1) is 0 Å². The molecule has 1 aliphatic heterocycles. The van der Waals surface area contributed by atoms with Gasteiger partial charge in [0.05, 0.1) is 16.3 Å². The van der Waals surface area contributed by atoms with Gasteiger partial charge in [-0.05, 0) is 42.0 Å². The number of hydrogen-bond donors (Lipinski definition) is 1. The van der Waals surface area contributed by atoms with Gasteiger partial charge in [-0.25, -0.2) is 8.42 Å². The fourth-order valence-corrected chi connectivity index (χ4v) is 4.83. The van der Waals surface area contributed by atoms with Crippen molar-refractivity contribution in [1.82, 2.24) is 5.32 Å². The van der Waals surface area contributed by atoms with Crippen LogP contribution in [0.5, 0.6) is 0 Å². The Labute approximate surface area is 116 Å². The van der Waals surface area contributed by atoms with E-state index in [1.807, 2.05) is 20.0 Å². The van der Waals surface area contributed by atoms with E-state index in [9.17, 15) is 8.42 Å². The SMILES string of the molecule is CNCCN1c2c(Br)cccc2S(=O)(=O)CC1C. The number of rotatable bonds is 3. The molecule has 4 nitrogen and oxygen atoms in total. The predicted molar refractivity (Wildman–Crippen MR) is 76.9 cm³/mol. The summed E-state index contributed by atoms with van der Waals surface area (Å²) in [4.78, 5) is 2.59. The molecular formula is C12H17BrN2O2S. The van der Waals surface area contributed by atoms with E-state index in [1.54, 1.807) is 12.1 Å². The monoisotopic (exact) mass is 332 g/mol. The zero-order chi connectivity index (χ0) is 13.3. The number of para-hydroxylation sites is 1. The van der Waals surface area contributed by atoms with E-state index >= 15 is 0 Å². The van der Waals surface area contributed by atoms with Crippen LogP contribution in [0.3, 0.4) is 0 Å². The van der Waals surface area contributed by atoms with Crippen molar-refractivity contribution in [3.8, 4) is 0 Å². The molecule has 0 spiro atoms. The number of benzene rings is 1. The summed E-state index contributed by atoms with van der Waals surface area (Å²) in [6, 6.07) is 5.34. The van der Waals surface area contributed by atoms with Crippen molar-refractivity contribution < 1.29 is 8.42 Å². The second-order valence-electron chi connectivity index (χ2n) is 4.51. The third kappa shape index (κ3) is 2.41. The van der Waals surface area contributed by atoms with Crippen LogP contribution in [0.4, 0.5) is 5.69 Å². The molecule has 6 heteroatoms. The van der Waals surface area contributed by atoms with Crippen molar-refractivity contribution in [3.63, 3.8) is 0 Å². The van der Waals surface area contributed by atoms with E-state index in [4.69, 9.17) is 0 Å². The Kier molecular flexibility index (Phi) is 3.99. The lowest BCUT2D eigenvalue weighted by Crippen LogP contribution is -2.45. The highest BCUT2D eigenvalue weighted by Gasteiger charge is 2.34. The van der Waals surface area contributed by atoms with Crippen LogP contribution >= 0.6 is 15.9 Å². The Morgan fingerprint density at radius 3 is 2.89 bits per heavy atom. The zero-order valence-electron chi connectivity index (χ0n) is 10.5. The molecule has 0 fully saturated rings. The Morgan fingerprint density at radius 1 is 1.50 bits per heavy atom. The molecule has 100 valence electrons. The lowest BCUT2D eigenvalue weighted by molar-refractivity contribution is 0.568. The van der Waals surface area contributed by atoms with E-state index < -0.39 is 9.84 Å². The smallest absolute Gasteiger partial charge is 0.182 e. The molecule has 18 heavy (non-hydrogen) atoms. The minimum atomic E-state index is -3.16. The molecule has 0 aliphatic carbocycles. The van der Waals surface area contributed by atoms with E-state index in [1.165, 1.54) is 0 Å². The van der Waals surface area contributed by atoms with E-state index in [0.717, 1.165) is 23.2 Å². The largest absolute Gasteiger partial charge is 0.365 e. The second kappa shape index (κ2) is 5.19. The summed E-state index contributed by atoms with van der Waals surface area (Å²) in [5.74, 6) is 0.181. The third-order valence-corrected chi connectivity index (χ3v) is 5.73. The maximum atomic E-state index is 12.2. The molecule has 1 atom stereocenters. The van der Waals surface area contributed by atoms with Gasteiger partial charge < -0.3 is 10.2 Å². The molecule has 0 bridgehead atoms. The molecule has 1 N–H and O–H groups in total. The van der Waals surface area contributed by atoms with Crippen LogP contribution < -0.4 is 10.2 Å². The highest BCUT2D eigenvalue weighted by atomic mass is 79.9. The Balaban J connectivity index is 2.53. The highest BCUT2D eigenvalue weighted by Crippen LogP contribution is 2.38. The van der Waals surface area contributed by atoms with Crippen LogP contribution in [-0.4, -0.2) is 40.3 Å². The Hall–Kier alpha value is -0.590. The second-order valence-corrected chi connectivity index (χ2v) is 7.37. The van der Waals surface area contributed by atoms with Crippen LogP contribution in [0.25, 0.3) is 0 Å². The highest BCUT2D eigenvalue weighted by molar-refractivity contribution is 9.10.